The third-order valence-electron chi connectivity index (χ3n) is 6.08. The maximum Gasteiger partial charge on any atom is 0.258 e. The van der Waals surface area contributed by atoms with Gasteiger partial charge in [0, 0.05) is 24.9 Å². The van der Waals surface area contributed by atoms with E-state index in [0.717, 1.165) is 17.4 Å². The molecule has 0 radical (unpaired) electrons. The molecule has 30 heavy (non-hydrogen) atoms. The predicted molar refractivity (Wildman–Crippen MR) is 112 cm³/mol. The average Bonchev–Trinajstić information content (AvgIpc) is 3.25. The number of benzene rings is 2. The second-order valence-electron chi connectivity index (χ2n) is 8.46. The van der Waals surface area contributed by atoms with Crippen LogP contribution in [0.15, 0.2) is 46.9 Å². The molecule has 3 heterocycles. The molecule has 0 saturated carbocycles. The van der Waals surface area contributed by atoms with Gasteiger partial charge in [0.25, 0.3) is 5.91 Å². The van der Waals surface area contributed by atoms with Gasteiger partial charge in [0.2, 0.25) is 5.91 Å². The van der Waals surface area contributed by atoms with Crippen LogP contribution in [-0.2, 0) is 11.4 Å². The molecule has 0 aliphatic carbocycles. The largest absolute Gasteiger partial charge is 0.489 e. The van der Waals surface area contributed by atoms with Gasteiger partial charge in [-0.15, -0.1) is 0 Å². The molecule has 0 atom stereocenters. The highest BCUT2D eigenvalue weighted by molar-refractivity contribution is 6.08. The van der Waals surface area contributed by atoms with E-state index in [9.17, 15) is 9.59 Å². The summed E-state index contributed by atoms with van der Waals surface area (Å²) < 4.78 is 11.8. The van der Waals surface area contributed by atoms with Crippen molar-refractivity contribution >= 4 is 22.8 Å². The first kappa shape index (κ1) is 18.7. The molecular weight excluding hydrogens is 380 g/mol. The molecule has 5 rings (SSSR count). The number of hydrogen-bond donors (Lipinski definition) is 1. The van der Waals surface area contributed by atoms with Gasteiger partial charge < -0.3 is 19.4 Å². The van der Waals surface area contributed by atoms with E-state index in [2.05, 4.69) is 24.4 Å². The minimum Gasteiger partial charge on any atom is -0.489 e. The van der Waals surface area contributed by atoms with Gasteiger partial charge in [0.15, 0.2) is 0 Å². The first-order valence-corrected chi connectivity index (χ1v) is 10.2. The predicted octanol–water partition coefficient (Wildman–Crippen LogP) is 3.73. The number of aryl methyl sites for hydroxylation is 2. The lowest BCUT2D eigenvalue weighted by molar-refractivity contribution is -0.120. The fraction of sp³-hybridized carbons (Fsp3) is 0.333. The smallest absolute Gasteiger partial charge is 0.258 e. The highest BCUT2D eigenvalue weighted by atomic mass is 16.5. The molecule has 2 saturated heterocycles. The van der Waals surface area contributed by atoms with Gasteiger partial charge in [0.1, 0.15) is 23.7 Å². The molecule has 6 heteroatoms. The number of furan rings is 1. The second kappa shape index (κ2) is 6.90. The standard InChI is InChI=1S/C24H24N2O4/c1-15-3-5-17(6-4-15)12-29-18-7-8-20-19(11-18)22(16(2)30-20)23(28)26-13-24(14-26)10-9-21(27)25-24/h3-8,11H,9-10,12-14H2,1-2H3,(H,25,27). The molecule has 1 aromatic heterocycles. The maximum atomic E-state index is 13.2. The van der Waals surface area contributed by atoms with E-state index in [0.29, 0.717) is 48.8 Å². The molecule has 0 unspecified atom stereocenters. The number of nitrogens with zero attached hydrogens (tertiary/aromatic N) is 1. The van der Waals surface area contributed by atoms with E-state index in [1.54, 1.807) is 4.90 Å². The van der Waals surface area contributed by atoms with Crippen molar-refractivity contribution in [2.45, 2.75) is 38.8 Å². The number of likely N-dealkylation sites (tertiary alicyclic amines) is 1. The van der Waals surface area contributed by atoms with Crippen molar-refractivity contribution in [2.24, 2.45) is 0 Å². The summed E-state index contributed by atoms with van der Waals surface area (Å²) in [7, 11) is 0. The fourth-order valence-corrected chi connectivity index (χ4v) is 4.40. The number of carbonyl (C=O) groups excluding carboxylic acids is 2. The van der Waals surface area contributed by atoms with E-state index in [1.165, 1.54) is 5.56 Å². The van der Waals surface area contributed by atoms with Gasteiger partial charge in [0.05, 0.1) is 11.1 Å². The second-order valence-corrected chi connectivity index (χ2v) is 8.46. The lowest BCUT2D eigenvalue weighted by Crippen LogP contribution is -2.68. The van der Waals surface area contributed by atoms with Crippen LogP contribution in [0.25, 0.3) is 11.0 Å². The van der Waals surface area contributed by atoms with Crippen LogP contribution in [0.1, 0.15) is 40.1 Å². The number of nitrogens with one attached hydrogen (secondary N) is 1. The van der Waals surface area contributed by atoms with E-state index in [1.807, 2.05) is 37.3 Å². The van der Waals surface area contributed by atoms with Crippen LogP contribution < -0.4 is 10.1 Å². The van der Waals surface area contributed by atoms with Crippen molar-refractivity contribution in [1.29, 1.82) is 0 Å². The Morgan fingerprint density at radius 2 is 1.93 bits per heavy atom. The molecule has 1 spiro atoms. The average molecular weight is 404 g/mol. The third kappa shape index (κ3) is 3.22. The quantitative estimate of drug-likeness (QED) is 0.719. The van der Waals surface area contributed by atoms with E-state index < -0.39 is 0 Å². The van der Waals surface area contributed by atoms with Crippen molar-refractivity contribution in [2.75, 3.05) is 13.1 Å². The summed E-state index contributed by atoms with van der Waals surface area (Å²) in [6.45, 7) is 5.42. The first-order chi connectivity index (χ1) is 14.4. The van der Waals surface area contributed by atoms with Gasteiger partial charge in [-0.2, -0.15) is 0 Å². The minimum absolute atomic E-state index is 0.0614. The SMILES string of the molecule is Cc1ccc(COc2ccc3oc(C)c(C(=O)N4CC5(CCC(=O)N5)C4)c3c2)cc1. The number of rotatable bonds is 4. The third-order valence-corrected chi connectivity index (χ3v) is 6.08. The molecule has 2 aliphatic rings. The van der Waals surface area contributed by atoms with Crippen LogP contribution >= 0.6 is 0 Å². The van der Waals surface area contributed by atoms with Crippen LogP contribution in [0.2, 0.25) is 0 Å². The van der Waals surface area contributed by atoms with Gasteiger partial charge in [-0.1, -0.05) is 29.8 Å². The number of carbonyl (C=O) groups is 2. The minimum atomic E-state index is -0.234. The number of amides is 2. The van der Waals surface area contributed by atoms with Gasteiger partial charge in [-0.25, -0.2) is 0 Å². The van der Waals surface area contributed by atoms with E-state index in [-0.39, 0.29) is 17.4 Å². The first-order valence-electron chi connectivity index (χ1n) is 10.2. The molecule has 0 bridgehead atoms. The lowest BCUT2D eigenvalue weighted by atomic mass is 9.87. The molecule has 2 amide bonds. The molecule has 1 N–H and O–H groups in total. The van der Waals surface area contributed by atoms with Gasteiger partial charge in [-0.3, -0.25) is 9.59 Å². The highest BCUT2D eigenvalue weighted by Crippen LogP contribution is 2.35. The molecule has 2 aliphatic heterocycles. The highest BCUT2D eigenvalue weighted by Gasteiger charge is 2.49. The zero-order valence-corrected chi connectivity index (χ0v) is 17.2. The van der Waals surface area contributed by atoms with Crippen LogP contribution in [0, 0.1) is 13.8 Å². The van der Waals surface area contributed by atoms with Gasteiger partial charge in [-0.05, 0) is 44.0 Å². The Kier molecular flexibility index (Phi) is 4.31. The summed E-state index contributed by atoms with van der Waals surface area (Å²) >= 11 is 0. The maximum absolute atomic E-state index is 13.2. The molecule has 2 fully saturated rings. The van der Waals surface area contributed by atoms with E-state index in [4.69, 9.17) is 9.15 Å². The summed E-state index contributed by atoms with van der Waals surface area (Å²) in [6.07, 6.45) is 1.33. The summed E-state index contributed by atoms with van der Waals surface area (Å²) in [5.41, 5.74) is 3.31. The van der Waals surface area contributed by atoms with Crippen LogP contribution in [0.3, 0.4) is 0 Å². The Hall–Kier alpha value is -3.28. The van der Waals surface area contributed by atoms with E-state index >= 15 is 0 Å². The Morgan fingerprint density at radius 3 is 2.63 bits per heavy atom. The number of ether oxygens (including phenoxy) is 1. The summed E-state index contributed by atoms with van der Waals surface area (Å²) in [6, 6.07) is 13.8. The Labute approximate surface area is 174 Å². The monoisotopic (exact) mass is 404 g/mol. The number of fused-ring (bicyclic) bond motifs is 1. The summed E-state index contributed by atoms with van der Waals surface area (Å²) in [5, 5.41) is 3.78. The Balaban J connectivity index is 1.35. The summed E-state index contributed by atoms with van der Waals surface area (Å²) in [4.78, 5) is 26.5. The molecular formula is C24H24N2O4. The lowest BCUT2D eigenvalue weighted by Gasteiger charge is -2.47. The topological polar surface area (TPSA) is 71.8 Å². The molecule has 3 aromatic rings. The fourth-order valence-electron chi connectivity index (χ4n) is 4.40. The van der Waals surface area contributed by atoms with Crippen LogP contribution in [0.4, 0.5) is 0 Å². The van der Waals surface area contributed by atoms with Crippen molar-refractivity contribution in [3.05, 3.63) is 64.9 Å². The van der Waals surface area contributed by atoms with Crippen LogP contribution in [-0.4, -0.2) is 35.3 Å². The molecule has 2 aromatic carbocycles. The zero-order chi connectivity index (χ0) is 20.9. The number of hydrogen-bond acceptors (Lipinski definition) is 4. The zero-order valence-electron chi connectivity index (χ0n) is 17.2. The van der Waals surface area contributed by atoms with Crippen molar-refractivity contribution in [3.63, 3.8) is 0 Å². The Morgan fingerprint density at radius 1 is 1.17 bits per heavy atom. The normalized spacial score (nSPS) is 17.3. The van der Waals surface area contributed by atoms with Crippen molar-refractivity contribution < 1.29 is 18.7 Å². The Bertz CT molecular complexity index is 1140. The molecule has 154 valence electrons. The summed E-state index contributed by atoms with van der Waals surface area (Å²) in [5.74, 6) is 1.30. The molecule has 6 nitrogen and oxygen atoms in total. The van der Waals surface area contributed by atoms with Crippen molar-refractivity contribution in [1.82, 2.24) is 10.2 Å². The van der Waals surface area contributed by atoms with Gasteiger partial charge >= 0.3 is 0 Å². The van der Waals surface area contributed by atoms with Crippen molar-refractivity contribution in [3.8, 4) is 5.75 Å². The van der Waals surface area contributed by atoms with Crippen LogP contribution in [0.5, 0.6) is 5.75 Å².